The van der Waals surface area contributed by atoms with Gasteiger partial charge >= 0.3 is 0 Å². The number of aliphatic hydroxyl groups is 1. The van der Waals surface area contributed by atoms with Gasteiger partial charge in [0.25, 0.3) is 0 Å². The topological polar surface area (TPSA) is 49.3 Å². The van der Waals surface area contributed by atoms with E-state index in [4.69, 9.17) is 5.11 Å². The summed E-state index contributed by atoms with van der Waals surface area (Å²) >= 11 is 0. The van der Waals surface area contributed by atoms with Gasteiger partial charge in [0.05, 0.1) is 0 Å². The molecule has 0 aliphatic carbocycles. The van der Waals surface area contributed by atoms with Crippen LogP contribution in [0.3, 0.4) is 0 Å². The first-order valence-corrected chi connectivity index (χ1v) is 4.71. The van der Waals surface area contributed by atoms with E-state index in [0.717, 1.165) is 0 Å². The van der Waals surface area contributed by atoms with Crippen molar-refractivity contribution >= 4 is 11.6 Å². The third-order valence-electron chi connectivity index (χ3n) is 1.94. The maximum Gasteiger partial charge on any atom is 0.224 e. The first-order chi connectivity index (χ1) is 7.97. The highest BCUT2D eigenvalue weighted by molar-refractivity contribution is 5.90. The Hall–Kier alpha value is -1.63. The minimum atomic E-state index is -1.67. The van der Waals surface area contributed by atoms with Crippen LogP contribution in [0.5, 0.6) is 0 Å². The van der Waals surface area contributed by atoms with E-state index in [2.05, 4.69) is 0 Å². The van der Waals surface area contributed by atoms with Crippen LogP contribution >= 0.6 is 0 Å². The SMILES string of the molecule is O=C(CCCO)Nc1c(F)c(F)cc(F)c1F. The normalized spacial score (nSPS) is 10.4. The van der Waals surface area contributed by atoms with Gasteiger partial charge in [-0.3, -0.25) is 4.79 Å². The van der Waals surface area contributed by atoms with Crippen molar-refractivity contribution in [2.75, 3.05) is 11.9 Å². The minimum absolute atomic E-state index is 0.0496. The molecule has 0 heterocycles. The molecule has 0 aliphatic rings. The zero-order chi connectivity index (χ0) is 13.0. The molecular formula is C10H9F4NO2. The average molecular weight is 251 g/mol. The summed E-state index contributed by atoms with van der Waals surface area (Å²) in [4.78, 5) is 11.1. The zero-order valence-corrected chi connectivity index (χ0v) is 8.57. The lowest BCUT2D eigenvalue weighted by Crippen LogP contribution is -2.15. The highest BCUT2D eigenvalue weighted by Crippen LogP contribution is 2.24. The molecule has 0 atom stereocenters. The first-order valence-electron chi connectivity index (χ1n) is 4.71. The maximum absolute atomic E-state index is 13.1. The number of halogens is 4. The van der Waals surface area contributed by atoms with E-state index >= 15 is 0 Å². The Bertz CT molecular complexity index is 411. The first kappa shape index (κ1) is 13.4. The van der Waals surface area contributed by atoms with Gasteiger partial charge in [0.1, 0.15) is 5.69 Å². The third-order valence-corrected chi connectivity index (χ3v) is 1.94. The standard InChI is InChI=1S/C10H9F4NO2/c11-5-4-6(12)9(14)10(8(5)13)15-7(17)2-1-3-16/h4,16H,1-3H2,(H,15,17). The van der Waals surface area contributed by atoms with E-state index in [0.29, 0.717) is 0 Å². The fourth-order valence-electron chi connectivity index (χ4n) is 1.12. The van der Waals surface area contributed by atoms with E-state index in [9.17, 15) is 22.4 Å². The zero-order valence-electron chi connectivity index (χ0n) is 8.57. The number of nitrogens with one attached hydrogen (secondary N) is 1. The summed E-state index contributed by atoms with van der Waals surface area (Å²) in [6.45, 7) is -0.282. The molecule has 17 heavy (non-hydrogen) atoms. The second-order valence-electron chi connectivity index (χ2n) is 3.22. The molecule has 1 aromatic carbocycles. The van der Waals surface area contributed by atoms with Gasteiger partial charge in [-0.1, -0.05) is 0 Å². The van der Waals surface area contributed by atoms with Crippen LogP contribution in [0.25, 0.3) is 0 Å². The second kappa shape index (κ2) is 5.62. The van der Waals surface area contributed by atoms with Crippen molar-refractivity contribution in [1.82, 2.24) is 0 Å². The van der Waals surface area contributed by atoms with Gasteiger partial charge in [-0.05, 0) is 6.42 Å². The molecule has 2 N–H and O–H groups in total. The predicted octanol–water partition coefficient (Wildman–Crippen LogP) is 1.95. The fraction of sp³-hybridized carbons (Fsp3) is 0.300. The smallest absolute Gasteiger partial charge is 0.224 e. The molecule has 0 saturated heterocycles. The quantitative estimate of drug-likeness (QED) is 0.634. The van der Waals surface area contributed by atoms with Crippen LogP contribution in [-0.2, 0) is 4.79 Å². The highest BCUT2D eigenvalue weighted by atomic mass is 19.2. The molecule has 3 nitrogen and oxygen atoms in total. The lowest BCUT2D eigenvalue weighted by molar-refractivity contribution is -0.116. The Morgan fingerprint density at radius 1 is 1.18 bits per heavy atom. The van der Waals surface area contributed by atoms with E-state index < -0.39 is 34.9 Å². The summed E-state index contributed by atoms with van der Waals surface area (Å²) in [5.74, 6) is -7.37. The fourth-order valence-corrected chi connectivity index (χ4v) is 1.12. The molecule has 1 aromatic rings. The van der Waals surface area contributed by atoms with Crippen LogP contribution in [0.15, 0.2) is 6.07 Å². The van der Waals surface area contributed by atoms with Crippen LogP contribution in [0.2, 0.25) is 0 Å². The van der Waals surface area contributed by atoms with Crippen molar-refractivity contribution in [2.45, 2.75) is 12.8 Å². The van der Waals surface area contributed by atoms with Crippen molar-refractivity contribution < 1.29 is 27.5 Å². The van der Waals surface area contributed by atoms with Crippen molar-refractivity contribution in [3.63, 3.8) is 0 Å². The number of hydrogen-bond acceptors (Lipinski definition) is 2. The molecule has 0 radical (unpaired) electrons. The van der Waals surface area contributed by atoms with Gasteiger partial charge in [0, 0.05) is 19.1 Å². The Labute approximate surface area is 94.1 Å². The minimum Gasteiger partial charge on any atom is -0.396 e. The number of anilines is 1. The Balaban J connectivity index is 2.94. The van der Waals surface area contributed by atoms with Gasteiger partial charge in [0.2, 0.25) is 5.91 Å². The van der Waals surface area contributed by atoms with Crippen LogP contribution in [0, 0.1) is 23.3 Å². The van der Waals surface area contributed by atoms with Crippen molar-refractivity contribution in [2.24, 2.45) is 0 Å². The average Bonchev–Trinajstić information content (AvgIpc) is 2.29. The number of carbonyl (C=O) groups is 1. The Kier molecular flexibility index (Phi) is 4.45. The van der Waals surface area contributed by atoms with Crippen LogP contribution in [0.4, 0.5) is 23.2 Å². The Morgan fingerprint density at radius 2 is 1.71 bits per heavy atom. The molecule has 0 fully saturated rings. The number of hydrogen-bond donors (Lipinski definition) is 2. The lowest BCUT2D eigenvalue weighted by atomic mass is 10.2. The molecule has 0 bridgehead atoms. The number of rotatable bonds is 4. The maximum atomic E-state index is 13.1. The van der Waals surface area contributed by atoms with E-state index in [1.165, 1.54) is 0 Å². The number of benzene rings is 1. The predicted molar refractivity (Wildman–Crippen MR) is 51.2 cm³/mol. The van der Waals surface area contributed by atoms with E-state index in [-0.39, 0.29) is 25.5 Å². The van der Waals surface area contributed by atoms with Crippen LogP contribution in [0.1, 0.15) is 12.8 Å². The van der Waals surface area contributed by atoms with Gasteiger partial charge in [-0.15, -0.1) is 0 Å². The van der Waals surface area contributed by atoms with E-state index in [1.807, 2.05) is 0 Å². The third kappa shape index (κ3) is 3.16. The monoisotopic (exact) mass is 251 g/mol. The summed E-state index contributed by atoms with van der Waals surface area (Å²) in [7, 11) is 0. The summed E-state index contributed by atoms with van der Waals surface area (Å²) < 4.78 is 51.7. The summed E-state index contributed by atoms with van der Waals surface area (Å²) in [5.41, 5.74) is -1.16. The van der Waals surface area contributed by atoms with Gasteiger partial charge in [-0.2, -0.15) is 0 Å². The molecule has 94 valence electrons. The summed E-state index contributed by atoms with van der Waals surface area (Å²) in [5, 5.41) is 10.1. The van der Waals surface area contributed by atoms with Crippen LogP contribution < -0.4 is 5.32 Å². The lowest BCUT2D eigenvalue weighted by Gasteiger charge is -2.08. The Morgan fingerprint density at radius 3 is 2.18 bits per heavy atom. The van der Waals surface area contributed by atoms with E-state index in [1.54, 1.807) is 5.32 Å². The number of amides is 1. The van der Waals surface area contributed by atoms with Crippen molar-refractivity contribution in [1.29, 1.82) is 0 Å². The number of carbonyl (C=O) groups excluding carboxylic acids is 1. The largest absolute Gasteiger partial charge is 0.396 e. The molecule has 0 aromatic heterocycles. The summed E-state index contributed by atoms with van der Waals surface area (Å²) in [6, 6.07) is 0.0496. The van der Waals surface area contributed by atoms with Gasteiger partial charge < -0.3 is 10.4 Å². The second-order valence-corrected chi connectivity index (χ2v) is 3.22. The molecular weight excluding hydrogens is 242 g/mol. The van der Waals surface area contributed by atoms with Crippen LogP contribution in [-0.4, -0.2) is 17.6 Å². The molecule has 1 amide bonds. The van der Waals surface area contributed by atoms with Crippen molar-refractivity contribution in [3.8, 4) is 0 Å². The van der Waals surface area contributed by atoms with Gasteiger partial charge in [0.15, 0.2) is 23.3 Å². The van der Waals surface area contributed by atoms with Crippen molar-refractivity contribution in [3.05, 3.63) is 29.3 Å². The molecule has 0 unspecified atom stereocenters. The molecule has 0 aliphatic heterocycles. The number of aliphatic hydroxyl groups excluding tert-OH is 1. The summed E-state index contributed by atoms with van der Waals surface area (Å²) in [6.07, 6.45) is -0.139. The highest BCUT2D eigenvalue weighted by Gasteiger charge is 2.20. The molecule has 1 rings (SSSR count). The van der Waals surface area contributed by atoms with Gasteiger partial charge in [-0.25, -0.2) is 17.6 Å². The molecule has 0 spiro atoms. The molecule has 0 saturated carbocycles. The molecule has 7 heteroatoms.